The Bertz CT molecular complexity index is 1060. The molecule has 1 fully saturated rings. The molecule has 3 heterocycles. The van der Waals surface area contributed by atoms with E-state index in [9.17, 15) is 24.5 Å². The molecule has 1 aromatic carbocycles. The first kappa shape index (κ1) is 21.4. The fraction of sp³-hybridized carbons (Fsp3) is 0.364. The Balaban J connectivity index is 1.26. The first-order valence-electron chi connectivity index (χ1n) is 10.5. The standard InChI is InChI=1S/C22H23N5O5/c1-15-13-16(27(31)32)14-23-20(15)25-11-9-24(10-12-25)19(28)7-4-8-26-21(29)17-5-2-3-6-18(17)22(26)30/h2-3,5-6,13-14H,4,7-12H2,1H3. The van der Waals surface area contributed by atoms with Crippen molar-refractivity contribution in [3.63, 3.8) is 0 Å². The van der Waals surface area contributed by atoms with Crippen molar-refractivity contribution < 1.29 is 19.3 Å². The smallest absolute Gasteiger partial charge is 0.287 e. The summed E-state index contributed by atoms with van der Waals surface area (Å²) in [5.74, 6) is 0.0539. The summed E-state index contributed by atoms with van der Waals surface area (Å²) in [5, 5.41) is 10.9. The van der Waals surface area contributed by atoms with Crippen molar-refractivity contribution in [2.45, 2.75) is 19.8 Å². The molecule has 2 aliphatic heterocycles. The van der Waals surface area contributed by atoms with E-state index < -0.39 is 4.92 Å². The van der Waals surface area contributed by atoms with Gasteiger partial charge in [-0.3, -0.25) is 29.4 Å². The minimum atomic E-state index is -0.470. The van der Waals surface area contributed by atoms with E-state index in [4.69, 9.17) is 0 Å². The van der Waals surface area contributed by atoms with Crippen molar-refractivity contribution in [3.05, 3.63) is 63.3 Å². The Morgan fingerprint density at radius 3 is 2.28 bits per heavy atom. The number of carbonyl (C=O) groups is 3. The first-order chi connectivity index (χ1) is 15.4. The van der Waals surface area contributed by atoms with Gasteiger partial charge in [-0.05, 0) is 31.0 Å². The Labute approximate surface area is 184 Å². The van der Waals surface area contributed by atoms with Crippen LogP contribution in [0.2, 0.25) is 0 Å². The number of nitro groups is 1. The molecular formula is C22H23N5O5. The maximum Gasteiger partial charge on any atom is 0.287 e. The summed E-state index contributed by atoms with van der Waals surface area (Å²) in [7, 11) is 0. The van der Waals surface area contributed by atoms with Gasteiger partial charge >= 0.3 is 0 Å². The topological polar surface area (TPSA) is 117 Å². The number of benzene rings is 1. The zero-order valence-electron chi connectivity index (χ0n) is 17.7. The summed E-state index contributed by atoms with van der Waals surface area (Å²) in [6, 6.07) is 8.23. The molecule has 0 atom stereocenters. The van der Waals surface area contributed by atoms with Crippen LogP contribution < -0.4 is 4.90 Å². The van der Waals surface area contributed by atoms with Gasteiger partial charge < -0.3 is 9.80 Å². The highest BCUT2D eigenvalue weighted by atomic mass is 16.6. The molecule has 0 saturated carbocycles. The maximum atomic E-state index is 12.6. The van der Waals surface area contributed by atoms with Crippen molar-refractivity contribution in [2.24, 2.45) is 0 Å². The van der Waals surface area contributed by atoms with Crippen molar-refractivity contribution >= 4 is 29.2 Å². The van der Waals surface area contributed by atoms with E-state index in [-0.39, 0.29) is 36.4 Å². The Morgan fingerprint density at radius 2 is 1.72 bits per heavy atom. The van der Waals surface area contributed by atoms with Gasteiger partial charge in [-0.15, -0.1) is 0 Å². The van der Waals surface area contributed by atoms with E-state index >= 15 is 0 Å². The summed E-state index contributed by atoms with van der Waals surface area (Å²) < 4.78 is 0. The molecule has 10 nitrogen and oxygen atoms in total. The molecule has 10 heteroatoms. The Hall–Kier alpha value is -3.82. The van der Waals surface area contributed by atoms with Crippen LogP contribution in [0.1, 0.15) is 39.1 Å². The number of piperazine rings is 1. The number of imide groups is 1. The van der Waals surface area contributed by atoms with Gasteiger partial charge in [-0.1, -0.05) is 12.1 Å². The lowest BCUT2D eigenvalue weighted by atomic mass is 10.1. The van der Waals surface area contributed by atoms with Gasteiger partial charge in [-0.25, -0.2) is 4.98 Å². The highest BCUT2D eigenvalue weighted by Gasteiger charge is 2.34. The molecule has 3 amide bonds. The number of pyridine rings is 1. The van der Waals surface area contributed by atoms with Crippen LogP contribution in [0.5, 0.6) is 0 Å². The van der Waals surface area contributed by atoms with Gasteiger partial charge in [0, 0.05) is 45.2 Å². The van der Waals surface area contributed by atoms with Crippen LogP contribution in [0.3, 0.4) is 0 Å². The van der Waals surface area contributed by atoms with Gasteiger partial charge in [0.05, 0.1) is 16.1 Å². The van der Waals surface area contributed by atoms with E-state index in [1.807, 2.05) is 4.90 Å². The quantitative estimate of drug-likeness (QED) is 0.385. The molecule has 0 bridgehead atoms. The number of carbonyl (C=O) groups excluding carboxylic acids is 3. The molecule has 4 rings (SSSR count). The van der Waals surface area contributed by atoms with Gasteiger partial charge in [0.2, 0.25) is 5.91 Å². The number of anilines is 1. The zero-order chi connectivity index (χ0) is 22.8. The van der Waals surface area contributed by atoms with Crippen LogP contribution in [0, 0.1) is 17.0 Å². The minimum Gasteiger partial charge on any atom is -0.353 e. The molecule has 2 aliphatic rings. The van der Waals surface area contributed by atoms with E-state index in [0.717, 1.165) is 5.56 Å². The predicted molar refractivity (Wildman–Crippen MR) is 115 cm³/mol. The number of rotatable bonds is 6. The molecule has 32 heavy (non-hydrogen) atoms. The number of aromatic nitrogens is 1. The monoisotopic (exact) mass is 437 g/mol. The van der Waals surface area contributed by atoms with Gasteiger partial charge in [-0.2, -0.15) is 0 Å². The minimum absolute atomic E-state index is 0.0189. The Kier molecular flexibility index (Phi) is 5.85. The van der Waals surface area contributed by atoms with Crippen molar-refractivity contribution in [1.82, 2.24) is 14.8 Å². The lowest BCUT2D eigenvalue weighted by Gasteiger charge is -2.36. The molecule has 0 radical (unpaired) electrons. The van der Waals surface area contributed by atoms with Crippen LogP contribution in [0.25, 0.3) is 0 Å². The fourth-order valence-corrected chi connectivity index (χ4v) is 4.14. The maximum absolute atomic E-state index is 12.6. The predicted octanol–water partition coefficient (Wildman–Crippen LogP) is 2.02. The number of nitrogens with zero attached hydrogens (tertiary/aromatic N) is 5. The van der Waals surface area contributed by atoms with E-state index in [0.29, 0.717) is 49.5 Å². The number of aryl methyl sites for hydroxylation is 1. The van der Waals surface area contributed by atoms with E-state index in [2.05, 4.69) is 4.98 Å². The average molecular weight is 437 g/mol. The lowest BCUT2D eigenvalue weighted by molar-refractivity contribution is -0.385. The van der Waals surface area contributed by atoms with Crippen LogP contribution in [-0.4, -0.2) is 70.2 Å². The molecule has 1 saturated heterocycles. The van der Waals surface area contributed by atoms with Crippen LogP contribution in [0.4, 0.5) is 11.5 Å². The largest absolute Gasteiger partial charge is 0.353 e. The number of amides is 3. The normalized spacial score (nSPS) is 15.8. The first-order valence-corrected chi connectivity index (χ1v) is 10.5. The summed E-state index contributed by atoms with van der Waals surface area (Å²) >= 11 is 0. The summed E-state index contributed by atoms with van der Waals surface area (Å²) in [6.07, 6.45) is 1.91. The van der Waals surface area contributed by atoms with E-state index in [1.54, 1.807) is 36.1 Å². The van der Waals surface area contributed by atoms with Gasteiger partial charge in [0.15, 0.2) is 0 Å². The van der Waals surface area contributed by atoms with Crippen LogP contribution in [0.15, 0.2) is 36.5 Å². The molecule has 0 spiro atoms. The van der Waals surface area contributed by atoms with Crippen LogP contribution >= 0.6 is 0 Å². The fourth-order valence-electron chi connectivity index (χ4n) is 4.14. The van der Waals surface area contributed by atoms with Gasteiger partial charge in [0.1, 0.15) is 12.0 Å². The number of hydrogen-bond acceptors (Lipinski definition) is 7. The molecule has 0 aliphatic carbocycles. The highest BCUT2D eigenvalue weighted by molar-refractivity contribution is 6.21. The highest BCUT2D eigenvalue weighted by Crippen LogP contribution is 2.24. The molecular weight excluding hydrogens is 414 g/mol. The Morgan fingerprint density at radius 1 is 1.09 bits per heavy atom. The average Bonchev–Trinajstić information content (AvgIpc) is 3.04. The molecule has 2 aromatic rings. The van der Waals surface area contributed by atoms with E-state index in [1.165, 1.54) is 17.2 Å². The second-order valence-electron chi connectivity index (χ2n) is 7.87. The third-order valence-electron chi connectivity index (χ3n) is 5.83. The summed E-state index contributed by atoms with van der Waals surface area (Å²) in [6.45, 7) is 4.19. The second kappa shape index (κ2) is 8.74. The third-order valence-corrected chi connectivity index (χ3v) is 5.83. The van der Waals surface area contributed by atoms with Crippen molar-refractivity contribution in [2.75, 3.05) is 37.6 Å². The van der Waals surface area contributed by atoms with Gasteiger partial charge in [0.25, 0.3) is 17.5 Å². The third kappa shape index (κ3) is 4.03. The SMILES string of the molecule is Cc1cc([N+](=O)[O-])cnc1N1CCN(C(=O)CCCN2C(=O)c3ccccc3C2=O)CC1. The number of fused-ring (bicyclic) bond motifs is 1. The zero-order valence-corrected chi connectivity index (χ0v) is 17.7. The van der Waals surface area contributed by atoms with Crippen molar-refractivity contribution in [1.29, 1.82) is 0 Å². The van der Waals surface area contributed by atoms with Crippen molar-refractivity contribution in [3.8, 4) is 0 Å². The molecule has 0 N–H and O–H groups in total. The lowest BCUT2D eigenvalue weighted by Crippen LogP contribution is -2.49. The summed E-state index contributed by atoms with van der Waals surface area (Å²) in [4.78, 5) is 57.1. The summed E-state index contributed by atoms with van der Waals surface area (Å²) in [5.41, 5.74) is 1.50. The number of hydrogen-bond donors (Lipinski definition) is 0. The molecule has 0 unspecified atom stereocenters. The van der Waals surface area contributed by atoms with Crippen LogP contribution in [-0.2, 0) is 4.79 Å². The second-order valence-corrected chi connectivity index (χ2v) is 7.87. The molecule has 166 valence electrons. The molecule has 1 aromatic heterocycles.